The first kappa shape index (κ1) is 24.6. The number of rotatable bonds is 7. The number of amides is 2. The molecular formula is C23H28N4O2S2. The Bertz CT molecular complexity index is 938. The van der Waals surface area contributed by atoms with Crippen molar-refractivity contribution >= 4 is 40.8 Å². The minimum Gasteiger partial charge on any atom is -0.364 e. The molecule has 6 nitrogen and oxygen atoms in total. The quantitative estimate of drug-likeness (QED) is 0.440. The third-order valence-corrected chi connectivity index (χ3v) is 5.87. The van der Waals surface area contributed by atoms with Crippen LogP contribution in [-0.2, 0) is 11.2 Å². The van der Waals surface area contributed by atoms with Crippen LogP contribution in [0.5, 0.6) is 0 Å². The summed E-state index contributed by atoms with van der Waals surface area (Å²) in [6, 6.07) is 17.0. The smallest absolute Gasteiger partial charge is 0.267 e. The van der Waals surface area contributed by atoms with Gasteiger partial charge in [0.2, 0.25) is 5.91 Å². The van der Waals surface area contributed by atoms with E-state index in [0.717, 1.165) is 17.0 Å². The molecule has 0 fully saturated rings. The van der Waals surface area contributed by atoms with Gasteiger partial charge in [0.05, 0.1) is 0 Å². The number of carbonyl (C=O) groups excluding carboxylic acids is 2. The topological polar surface area (TPSA) is 97.1 Å². The van der Waals surface area contributed by atoms with Crippen LogP contribution in [0.25, 0.3) is 0 Å². The van der Waals surface area contributed by atoms with Crippen molar-refractivity contribution in [2.75, 3.05) is 5.32 Å². The van der Waals surface area contributed by atoms with E-state index in [0.29, 0.717) is 12.1 Å². The fourth-order valence-corrected chi connectivity index (χ4v) is 3.65. The molecule has 0 aliphatic carbocycles. The van der Waals surface area contributed by atoms with E-state index in [4.69, 9.17) is 5.73 Å². The molecule has 0 saturated heterocycles. The van der Waals surface area contributed by atoms with Gasteiger partial charge in [-0.25, -0.2) is 0 Å². The molecule has 0 atom stereocenters. The second-order valence-corrected chi connectivity index (χ2v) is 9.60. The molecule has 0 saturated carbocycles. The highest BCUT2D eigenvalue weighted by Gasteiger charge is 2.09. The second kappa shape index (κ2) is 12.2. The Hall–Kier alpha value is -2.68. The summed E-state index contributed by atoms with van der Waals surface area (Å²) in [5.74, 6) is -0.433. The van der Waals surface area contributed by atoms with Crippen LogP contribution in [0.2, 0.25) is 0 Å². The van der Waals surface area contributed by atoms with Crippen molar-refractivity contribution in [1.29, 1.82) is 0 Å². The van der Waals surface area contributed by atoms with Crippen LogP contribution in [0.15, 0.2) is 71.1 Å². The maximum Gasteiger partial charge on any atom is 0.267 e. The van der Waals surface area contributed by atoms with Crippen LogP contribution in [-0.4, -0.2) is 22.3 Å². The lowest BCUT2D eigenvalue weighted by Gasteiger charge is -2.19. The molecule has 3 rings (SSSR count). The molecule has 0 aliphatic rings. The largest absolute Gasteiger partial charge is 0.364 e. The fraction of sp³-hybridized carbons (Fsp3) is 0.261. The number of nitrogens with one attached hydrogen (secondary N) is 2. The Balaban J connectivity index is 0.000000316. The first-order chi connectivity index (χ1) is 14.7. The van der Waals surface area contributed by atoms with Gasteiger partial charge in [-0.2, -0.15) is 0 Å². The number of benzene rings is 1. The van der Waals surface area contributed by atoms with E-state index in [1.807, 2.05) is 35.7 Å². The molecule has 164 valence electrons. The van der Waals surface area contributed by atoms with Gasteiger partial charge in [-0.1, -0.05) is 12.1 Å². The van der Waals surface area contributed by atoms with Crippen molar-refractivity contribution in [2.24, 2.45) is 5.73 Å². The van der Waals surface area contributed by atoms with Gasteiger partial charge >= 0.3 is 0 Å². The normalized spacial score (nSPS) is 10.7. The minimum absolute atomic E-state index is 0.0571. The molecule has 0 aliphatic heterocycles. The molecule has 8 heteroatoms. The van der Waals surface area contributed by atoms with Gasteiger partial charge in [-0.3, -0.25) is 19.3 Å². The maximum atomic E-state index is 11.9. The number of primary amides is 1. The van der Waals surface area contributed by atoms with E-state index in [1.165, 1.54) is 11.1 Å². The number of anilines is 1. The molecule has 31 heavy (non-hydrogen) atoms. The summed E-state index contributed by atoms with van der Waals surface area (Å²) in [6.07, 6.45) is 2.84. The van der Waals surface area contributed by atoms with Crippen molar-refractivity contribution < 1.29 is 9.59 Å². The molecule has 0 bridgehead atoms. The van der Waals surface area contributed by atoms with Crippen molar-refractivity contribution in [2.45, 2.75) is 44.0 Å². The minimum atomic E-state index is -0.490. The number of hydrogen-bond acceptors (Lipinski definition) is 6. The first-order valence-corrected chi connectivity index (χ1v) is 11.5. The summed E-state index contributed by atoms with van der Waals surface area (Å²) in [7, 11) is 0. The standard InChI is InChI=1S/C17H22N2OS2.C6H6N2O/c1-17(2,3)19-22-15-8-6-13(7-9-15)18-16(20)11-10-14-5-4-12-21-14;7-6(9)5-3-1-2-4-8-5/h4-9,12,19H,10-11H2,1-3H3,(H,18,20);1-4H,(H2,7,9). The van der Waals surface area contributed by atoms with Crippen LogP contribution in [0.1, 0.15) is 42.6 Å². The van der Waals surface area contributed by atoms with Crippen molar-refractivity contribution in [3.63, 3.8) is 0 Å². The monoisotopic (exact) mass is 456 g/mol. The summed E-state index contributed by atoms with van der Waals surface area (Å²) in [6.45, 7) is 6.38. The van der Waals surface area contributed by atoms with Crippen LogP contribution >= 0.6 is 23.3 Å². The van der Waals surface area contributed by atoms with E-state index in [-0.39, 0.29) is 11.4 Å². The summed E-state index contributed by atoms with van der Waals surface area (Å²) in [5.41, 5.74) is 6.13. The number of carbonyl (C=O) groups is 2. The van der Waals surface area contributed by atoms with E-state index >= 15 is 0 Å². The first-order valence-electron chi connectivity index (χ1n) is 9.80. The van der Waals surface area contributed by atoms with Crippen LogP contribution in [0.4, 0.5) is 5.69 Å². The summed E-state index contributed by atoms with van der Waals surface area (Å²) < 4.78 is 3.36. The zero-order valence-corrected chi connectivity index (χ0v) is 19.6. The lowest BCUT2D eigenvalue weighted by Crippen LogP contribution is -2.29. The Kier molecular flexibility index (Phi) is 9.71. The number of thiophene rings is 1. The predicted octanol–water partition coefficient (Wildman–Crippen LogP) is 4.90. The Morgan fingerprint density at radius 3 is 2.32 bits per heavy atom. The lowest BCUT2D eigenvalue weighted by atomic mass is 10.1. The highest BCUT2D eigenvalue weighted by Crippen LogP contribution is 2.20. The van der Waals surface area contributed by atoms with Crippen LogP contribution < -0.4 is 15.8 Å². The Morgan fingerprint density at radius 2 is 1.81 bits per heavy atom. The van der Waals surface area contributed by atoms with Crippen molar-refractivity contribution in [3.05, 3.63) is 76.7 Å². The molecule has 2 amide bonds. The SMILES string of the molecule is CC(C)(C)NSc1ccc(NC(=O)CCc2cccs2)cc1.NC(=O)c1ccccn1. The fourth-order valence-electron chi connectivity index (χ4n) is 2.24. The third-order valence-electron chi connectivity index (χ3n) is 3.71. The zero-order chi connectivity index (χ0) is 22.7. The van der Waals surface area contributed by atoms with E-state index < -0.39 is 5.91 Å². The van der Waals surface area contributed by atoms with E-state index in [1.54, 1.807) is 41.5 Å². The Labute approximate surface area is 191 Å². The number of hydrogen-bond donors (Lipinski definition) is 3. The van der Waals surface area contributed by atoms with Gasteiger partial charge in [-0.05, 0) is 87.0 Å². The average Bonchev–Trinajstić information content (AvgIpc) is 3.26. The maximum absolute atomic E-state index is 11.9. The Morgan fingerprint density at radius 1 is 1.06 bits per heavy atom. The number of nitrogens with two attached hydrogens (primary N) is 1. The number of nitrogens with zero attached hydrogens (tertiary/aromatic N) is 1. The zero-order valence-electron chi connectivity index (χ0n) is 17.9. The van der Waals surface area contributed by atoms with Crippen molar-refractivity contribution in [1.82, 2.24) is 9.71 Å². The number of aryl methyl sites for hydroxylation is 1. The van der Waals surface area contributed by atoms with Gasteiger partial charge < -0.3 is 11.1 Å². The third kappa shape index (κ3) is 10.3. The molecule has 0 radical (unpaired) electrons. The van der Waals surface area contributed by atoms with Gasteiger partial charge in [-0.15, -0.1) is 11.3 Å². The molecule has 1 aromatic carbocycles. The molecular weight excluding hydrogens is 428 g/mol. The second-order valence-electron chi connectivity index (χ2n) is 7.69. The molecule has 2 aromatic heterocycles. The highest BCUT2D eigenvalue weighted by atomic mass is 32.2. The summed E-state index contributed by atoms with van der Waals surface area (Å²) >= 11 is 3.29. The molecule has 0 spiro atoms. The lowest BCUT2D eigenvalue weighted by molar-refractivity contribution is -0.116. The molecule has 0 unspecified atom stereocenters. The predicted molar refractivity (Wildman–Crippen MR) is 129 cm³/mol. The molecule has 3 aromatic rings. The number of aromatic nitrogens is 1. The summed E-state index contributed by atoms with van der Waals surface area (Å²) in [4.78, 5) is 28.4. The highest BCUT2D eigenvalue weighted by molar-refractivity contribution is 7.97. The van der Waals surface area contributed by atoms with E-state index in [9.17, 15) is 9.59 Å². The molecule has 4 N–H and O–H groups in total. The van der Waals surface area contributed by atoms with Gasteiger partial charge in [0.25, 0.3) is 5.91 Å². The van der Waals surface area contributed by atoms with Gasteiger partial charge in [0.1, 0.15) is 5.69 Å². The average molecular weight is 457 g/mol. The van der Waals surface area contributed by atoms with E-state index in [2.05, 4.69) is 41.9 Å². The molecule has 2 heterocycles. The van der Waals surface area contributed by atoms with Crippen LogP contribution in [0.3, 0.4) is 0 Å². The van der Waals surface area contributed by atoms with Gasteiger partial charge in [0, 0.05) is 33.6 Å². The number of pyridine rings is 1. The van der Waals surface area contributed by atoms with Crippen LogP contribution in [0, 0.1) is 0 Å². The van der Waals surface area contributed by atoms with Crippen molar-refractivity contribution in [3.8, 4) is 0 Å². The summed E-state index contributed by atoms with van der Waals surface area (Å²) in [5, 5.41) is 4.98. The van der Waals surface area contributed by atoms with Gasteiger partial charge in [0.15, 0.2) is 0 Å².